The van der Waals surface area contributed by atoms with Gasteiger partial charge in [0.1, 0.15) is 11.6 Å². The third-order valence-electron chi connectivity index (χ3n) is 3.26. The van der Waals surface area contributed by atoms with E-state index in [1.165, 1.54) is 0 Å². The van der Waals surface area contributed by atoms with Crippen molar-refractivity contribution in [3.63, 3.8) is 0 Å². The number of rotatable bonds is 6. The molecule has 4 nitrogen and oxygen atoms in total. The Hall–Kier alpha value is -1.68. The second kappa shape index (κ2) is 5.97. The monoisotopic (exact) mass is 260 g/mol. The molecular weight excluding hydrogens is 240 g/mol. The average Bonchev–Trinajstić information content (AvgIpc) is 2.67. The minimum absolute atomic E-state index is 0.211. The van der Waals surface area contributed by atoms with Crippen molar-refractivity contribution in [1.82, 2.24) is 9.55 Å². The molecule has 0 radical (unpaired) electrons. The number of fused-ring (bicyclic) bond motifs is 1. The molecular formula is C15H20N2O2. The Bertz CT molecular complexity index is 575. The van der Waals surface area contributed by atoms with Gasteiger partial charge in [0.05, 0.1) is 17.5 Å². The van der Waals surface area contributed by atoms with E-state index in [0.717, 1.165) is 16.9 Å². The first kappa shape index (κ1) is 13.7. The number of imidazole rings is 1. The Kier molecular flexibility index (Phi) is 4.32. The number of carbonyl (C=O) groups is 1. The smallest absolute Gasteiger partial charge is 0.140 e. The van der Waals surface area contributed by atoms with Crippen LogP contribution in [-0.4, -0.2) is 29.1 Å². The van der Waals surface area contributed by atoms with Gasteiger partial charge in [0.25, 0.3) is 0 Å². The lowest BCUT2D eigenvalue weighted by atomic mass is 10.0. The van der Waals surface area contributed by atoms with Crippen LogP contribution < -0.4 is 0 Å². The highest BCUT2D eigenvalue weighted by atomic mass is 16.5. The van der Waals surface area contributed by atoms with Crippen molar-refractivity contribution in [1.29, 1.82) is 0 Å². The molecule has 0 saturated carbocycles. The minimum atomic E-state index is 0.211. The number of ether oxygens (including phenoxy) is 1. The van der Waals surface area contributed by atoms with E-state index in [9.17, 15) is 4.79 Å². The maximum Gasteiger partial charge on any atom is 0.140 e. The fraction of sp³-hybridized carbons (Fsp3) is 0.467. The van der Waals surface area contributed by atoms with E-state index in [1.54, 1.807) is 7.11 Å². The van der Waals surface area contributed by atoms with Crippen LogP contribution in [0.4, 0.5) is 0 Å². The van der Waals surface area contributed by atoms with Crippen molar-refractivity contribution >= 4 is 16.8 Å². The van der Waals surface area contributed by atoms with Gasteiger partial charge in [0, 0.05) is 27.2 Å². The van der Waals surface area contributed by atoms with E-state index in [2.05, 4.69) is 4.98 Å². The van der Waals surface area contributed by atoms with Gasteiger partial charge in [-0.25, -0.2) is 4.98 Å². The summed E-state index contributed by atoms with van der Waals surface area (Å²) in [5.41, 5.74) is 2.01. The van der Waals surface area contributed by atoms with Gasteiger partial charge in [-0.15, -0.1) is 0 Å². The molecule has 0 spiro atoms. The number of hydrogen-bond donors (Lipinski definition) is 0. The quantitative estimate of drug-likeness (QED) is 0.801. The fourth-order valence-corrected chi connectivity index (χ4v) is 2.33. The summed E-state index contributed by atoms with van der Waals surface area (Å²) < 4.78 is 7.05. The molecule has 1 unspecified atom stereocenters. The number of carbonyl (C=O) groups excluding carboxylic acids is 1. The Labute approximate surface area is 113 Å². The summed E-state index contributed by atoms with van der Waals surface area (Å²) in [5, 5.41) is 0. The van der Waals surface area contributed by atoms with Gasteiger partial charge in [-0.3, -0.25) is 4.79 Å². The molecule has 0 N–H and O–H groups in total. The highest BCUT2D eigenvalue weighted by molar-refractivity contribution is 5.82. The van der Waals surface area contributed by atoms with E-state index < -0.39 is 0 Å². The van der Waals surface area contributed by atoms with Gasteiger partial charge in [-0.05, 0) is 18.1 Å². The maximum absolute atomic E-state index is 12.0. The minimum Gasteiger partial charge on any atom is -0.384 e. The molecule has 4 heteroatoms. The largest absolute Gasteiger partial charge is 0.384 e. The first-order chi connectivity index (χ1) is 9.11. The number of ketones is 1. The van der Waals surface area contributed by atoms with Gasteiger partial charge in [0.15, 0.2) is 0 Å². The van der Waals surface area contributed by atoms with Crippen molar-refractivity contribution in [2.24, 2.45) is 13.0 Å². The second-order valence-corrected chi connectivity index (χ2v) is 5.06. The van der Waals surface area contributed by atoms with E-state index in [0.29, 0.717) is 19.4 Å². The number of nitrogens with zero attached hydrogens (tertiary/aromatic N) is 2. The van der Waals surface area contributed by atoms with Crippen molar-refractivity contribution < 1.29 is 9.53 Å². The lowest BCUT2D eigenvalue weighted by Crippen LogP contribution is -2.14. The van der Waals surface area contributed by atoms with Gasteiger partial charge >= 0.3 is 0 Å². The summed E-state index contributed by atoms with van der Waals surface area (Å²) in [7, 11) is 3.61. The standard InChI is InChI=1S/C15H20N2O2/c1-11(10-19-3)8-12(18)9-15-16-13-6-4-5-7-14(13)17(15)2/h4-7,11H,8-10H2,1-3H3. The van der Waals surface area contributed by atoms with Crippen molar-refractivity contribution in [3.8, 4) is 0 Å². The maximum atomic E-state index is 12.0. The number of hydrogen-bond acceptors (Lipinski definition) is 3. The molecule has 1 aromatic carbocycles. The molecule has 0 amide bonds. The summed E-state index contributed by atoms with van der Waals surface area (Å²) in [6.07, 6.45) is 0.927. The van der Waals surface area contributed by atoms with Gasteiger partial charge in [-0.2, -0.15) is 0 Å². The average molecular weight is 260 g/mol. The molecule has 102 valence electrons. The van der Waals surface area contributed by atoms with Crippen LogP contribution in [0.3, 0.4) is 0 Å². The summed E-state index contributed by atoms with van der Waals surface area (Å²) in [6, 6.07) is 7.93. The summed E-state index contributed by atoms with van der Waals surface area (Å²) in [5.74, 6) is 1.30. The van der Waals surface area contributed by atoms with Crippen molar-refractivity contribution in [2.75, 3.05) is 13.7 Å². The third-order valence-corrected chi connectivity index (χ3v) is 3.26. The molecule has 0 aliphatic carbocycles. The first-order valence-corrected chi connectivity index (χ1v) is 6.52. The van der Waals surface area contributed by atoms with E-state index in [4.69, 9.17) is 4.74 Å². The Morgan fingerprint density at radius 2 is 2.16 bits per heavy atom. The molecule has 1 heterocycles. The van der Waals surface area contributed by atoms with Gasteiger partial charge < -0.3 is 9.30 Å². The fourth-order valence-electron chi connectivity index (χ4n) is 2.33. The number of methoxy groups -OCH3 is 1. The number of aromatic nitrogens is 2. The molecule has 0 aliphatic heterocycles. The van der Waals surface area contributed by atoms with Gasteiger partial charge in [0.2, 0.25) is 0 Å². The first-order valence-electron chi connectivity index (χ1n) is 6.52. The number of para-hydroxylation sites is 2. The molecule has 0 saturated heterocycles. The molecule has 0 fully saturated rings. The Morgan fingerprint density at radius 3 is 2.84 bits per heavy atom. The van der Waals surface area contributed by atoms with Crippen LogP contribution in [0.2, 0.25) is 0 Å². The van der Waals surface area contributed by atoms with Crippen LogP contribution in [0, 0.1) is 5.92 Å². The zero-order valence-corrected chi connectivity index (χ0v) is 11.7. The normalized spacial score (nSPS) is 12.8. The number of benzene rings is 1. The molecule has 1 aromatic heterocycles. The number of Topliss-reactive ketones (excluding diaryl/α,β-unsaturated/α-hetero) is 1. The third kappa shape index (κ3) is 3.20. The summed E-state index contributed by atoms with van der Waals surface area (Å²) >= 11 is 0. The van der Waals surface area contributed by atoms with Crippen molar-refractivity contribution in [3.05, 3.63) is 30.1 Å². The van der Waals surface area contributed by atoms with Crippen molar-refractivity contribution in [2.45, 2.75) is 19.8 Å². The topological polar surface area (TPSA) is 44.1 Å². The van der Waals surface area contributed by atoms with E-state index >= 15 is 0 Å². The van der Waals surface area contributed by atoms with Crippen LogP contribution in [0.1, 0.15) is 19.2 Å². The molecule has 0 bridgehead atoms. The highest BCUT2D eigenvalue weighted by Crippen LogP contribution is 2.15. The molecule has 19 heavy (non-hydrogen) atoms. The SMILES string of the molecule is COCC(C)CC(=O)Cc1nc2ccccc2n1C. The molecule has 0 aliphatic rings. The van der Waals surface area contributed by atoms with E-state index in [-0.39, 0.29) is 11.7 Å². The van der Waals surface area contributed by atoms with E-state index in [1.807, 2.05) is 42.8 Å². The summed E-state index contributed by atoms with van der Waals surface area (Å²) in [4.78, 5) is 16.5. The highest BCUT2D eigenvalue weighted by Gasteiger charge is 2.14. The zero-order valence-electron chi connectivity index (χ0n) is 11.7. The molecule has 2 aromatic rings. The lowest BCUT2D eigenvalue weighted by Gasteiger charge is -2.08. The predicted octanol–water partition coefficient (Wildman–Crippen LogP) is 2.36. The Balaban J connectivity index is 2.09. The van der Waals surface area contributed by atoms with Crippen LogP contribution >= 0.6 is 0 Å². The Morgan fingerprint density at radius 1 is 1.42 bits per heavy atom. The lowest BCUT2D eigenvalue weighted by molar-refractivity contribution is -0.119. The molecule has 2 rings (SSSR count). The van der Waals surface area contributed by atoms with Crippen LogP contribution in [0.25, 0.3) is 11.0 Å². The second-order valence-electron chi connectivity index (χ2n) is 5.06. The molecule has 1 atom stereocenters. The summed E-state index contributed by atoms with van der Waals surface area (Å²) in [6.45, 7) is 2.64. The zero-order chi connectivity index (χ0) is 13.8. The predicted molar refractivity (Wildman–Crippen MR) is 75.1 cm³/mol. The van der Waals surface area contributed by atoms with Gasteiger partial charge in [-0.1, -0.05) is 19.1 Å². The number of aryl methyl sites for hydroxylation is 1. The van der Waals surface area contributed by atoms with Crippen LogP contribution in [0.15, 0.2) is 24.3 Å². The van der Waals surface area contributed by atoms with Crippen LogP contribution in [0.5, 0.6) is 0 Å². The van der Waals surface area contributed by atoms with Crippen LogP contribution in [-0.2, 0) is 23.0 Å².